The van der Waals surface area contributed by atoms with Crippen molar-refractivity contribution >= 4 is 40.5 Å². The third-order valence-corrected chi connectivity index (χ3v) is 5.20. The zero-order valence-corrected chi connectivity index (χ0v) is 19.0. The molecule has 4 amide bonds. The van der Waals surface area contributed by atoms with Gasteiger partial charge in [0.1, 0.15) is 18.1 Å². The monoisotopic (exact) mass is 474 g/mol. The highest BCUT2D eigenvalue weighted by Gasteiger charge is 2.31. The second-order valence-corrected chi connectivity index (χ2v) is 8.19. The quantitative estimate of drug-likeness (QED) is 0.198. The molecule has 12 nitrogen and oxygen atoms in total. The number of benzene rings is 1. The minimum atomic E-state index is -1.56. The number of rotatable bonds is 12. The molecule has 184 valence electrons. The summed E-state index contributed by atoms with van der Waals surface area (Å²) in [4.78, 5) is 63.6. The van der Waals surface area contributed by atoms with Crippen LogP contribution in [-0.4, -0.2) is 64.4 Å². The van der Waals surface area contributed by atoms with Crippen LogP contribution < -0.4 is 27.4 Å². The molecule has 2 aromatic rings. The van der Waals surface area contributed by atoms with Crippen LogP contribution in [0.5, 0.6) is 0 Å². The number of aliphatic carboxylic acids is 1. The van der Waals surface area contributed by atoms with Crippen molar-refractivity contribution < 1.29 is 29.1 Å². The number of amides is 4. The average molecular weight is 475 g/mol. The number of primary amides is 1. The van der Waals surface area contributed by atoms with Gasteiger partial charge in [-0.1, -0.05) is 32.0 Å². The number of carboxylic acid groups (broad SMARTS) is 1. The number of nitrogens with two attached hydrogens (primary N) is 2. The molecule has 12 heteroatoms. The summed E-state index contributed by atoms with van der Waals surface area (Å²) in [5, 5.41) is 17.5. The molecule has 0 radical (unpaired) electrons. The predicted molar refractivity (Wildman–Crippen MR) is 123 cm³/mol. The van der Waals surface area contributed by atoms with Crippen molar-refractivity contribution in [2.75, 3.05) is 6.54 Å². The van der Waals surface area contributed by atoms with Gasteiger partial charge in [0.2, 0.25) is 23.6 Å². The van der Waals surface area contributed by atoms with Gasteiger partial charge in [-0.2, -0.15) is 0 Å². The van der Waals surface area contributed by atoms with Crippen LogP contribution in [0, 0.1) is 5.92 Å². The Kier molecular flexibility index (Phi) is 9.13. The third-order valence-electron chi connectivity index (χ3n) is 5.20. The van der Waals surface area contributed by atoms with E-state index >= 15 is 0 Å². The minimum absolute atomic E-state index is 0.0140. The molecule has 0 saturated heterocycles. The van der Waals surface area contributed by atoms with Gasteiger partial charge in [-0.05, 0) is 17.5 Å². The topological polar surface area (TPSA) is 209 Å². The Balaban J connectivity index is 2.32. The second kappa shape index (κ2) is 11.8. The summed E-state index contributed by atoms with van der Waals surface area (Å²) in [6.07, 6.45) is 1.08. The molecule has 34 heavy (non-hydrogen) atoms. The number of aromatic nitrogens is 1. The lowest BCUT2D eigenvalue weighted by Gasteiger charge is -2.26. The van der Waals surface area contributed by atoms with E-state index in [1.807, 2.05) is 24.3 Å². The second-order valence-electron chi connectivity index (χ2n) is 8.19. The first-order valence-corrected chi connectivity index (χ1v) is 10.7. The summed E-state index contributed by atoms with van der Waals surface area (Å²) < 4.78 is 0. The van der Waals surface area contributed by atoms with E-state index in [0.29, 0.717) is 5.56 Å². The molecule has 1 aromatic heterocycles. The van der Waals surface area contributed by atoms with Crippen LogP contribution in [0.2, 0.25) is 0 Å². The van der Waals surface area contributed by atoms with Gasteiger partial charge >= 0.3 is 5.97 Å². The van der Waals surface area contributed by atoms with Crippen molar-refractivity contribution in [3.63, 3.8) is 0 Å². The number of nitrogens with one attached hydrogen (secondary N) is 4. The van der Waals surface area contributed by atoms with Crippen molar-refractivity contribution in [2.45, 2.75) is 44.8 Å². The van der Waals surface area contributed by atoms with Gasteiger partial charge in [-0.25, -0.2) is 4.79 Å². The van der Waals surface area contributed by atoms with E-state index < -0.39 is 54.1 Å². The van der Waals surface area contributed by atoms with Gasteiger partial charge in [0.25, 0.3) is 0 Å². The zero-order valence-electron chi connectivity index (χ0n) is 19.0. The first kappa shape index (κ1) is 26.3. The van der Waals surface area contributed by atoms with Crippen LogP contribution in [0.1, 0.15) is 25.8 Å². The summed E-state index contributed by atoms with van der Waals surface area (Å²) >= 11 is 0. The lowest BCUT2D eigenvalue weighted by Crippen LogP contribution is -2.58. The van der Waals surface area contributed by atoms with Gasteiger partial charge in [-0.15, -0.1) is 0 Å². The van der Waals surface area contributed by atoms with E-state index in [9.17, 15) is 29.1 Å². The summed E-state index contributed by atoms with van der Waals surface area (Å²) in [5.41, 5.74) is 11.9. The van der Waals surface area contributed by atoms with Gasteiger partial charge in [-0.3, -0.25) is 19.2 Å². The van der Waals surface area contributed by atoms with E-state index in [0.717, 1.165) is 10.9 Å². The van der Waals surface area contributed by atoms with Crippen molar-refractivity contribution in [3.05, 3.63) is 36.0 Å². The Morgan fingerprint density at radius 2 is 1.65 bits per heavy atom. The lowest BCUT2D eigenvalue weighted by molar-refractivity contribution is -0.143. The number of carboxylic acids is 1. The SMILES string of the molecule is CC(C)C(NC(=O)CN)C(=O)NC(Cc1c[nH]c2ccccc12)C(=O)NC(CC(N)=O)C(=O)O. The van der Waals surface area contributed by atoms with Crippen LogP contribution in [-0.2, 0) is 30.4 Å². The molecule has 9 N–H and O–H groups in total. The molecule has 3 atom stereocenters. The van der Waals surface area contributed by atoms with E-state index in [-0.39, 0.29) is 18.9 Å². The molecular weight excluding hydrogens is 444 g/mol. The fraction of sp³-hybridized carbons (Fsp3) is 0.409. The van der Waals surface area contributed by atoms with Gasteiger partial charge in [0.15, 0.2) is 0 Å². The molecular formula is C22H30N6O6. The van der Waals surface area contributed by atoms with E-state index in [1.165, 1.54) is 0 Å². The smallest absolute Gasteiger partial charge is 0.326 e. The first-order chi connectivity index (χ1) is 16.0. The van der Waals surface area contributed by atoms with Crippen LogP contribution in [0.25, 0.3) is 10.9 Å². The summed E-state index contributed by atoms with van der Waals surface area (Å²) in [6, 6.07) is 3.58. The Hall–Kier alpha value is -3.93. The van der Waals surface area contributed by atoms with E-state index in [2.05, 4.69) is 20.9 Å². The normalized spacial score (nSPS) is 13.6. The number of hydrogen-bond donors (Lipinski definition) is 7. The van der Waals surface area contributed by atoms with Crippen LogP contribution >= 0.6 is 0 Å². The van der Waals surface area contributed by atoms with Gasteiger partial charge < -0.3 is 37.5 Å². The number of aromatic amines is 1. The fourth-order valence-corrected chi connectivity index (χ4v) is 3.43. The molecule has 0 aliphatic rings. The average Bonchev–Trinajstić information content (AvgIpc) is 3.18. The highest BCUT2D eigenvalue weighted by atomic mass is 16.4. The van der Waals surface area contributed by atoms with Crippen LogP contribution in [0.3, 0.4) is 0 Å². The van der Waals surface area contributed by atoms with E-state index in [1.54, 1.807) is 20.0 Å². The maximum atomic E-state index is 13.0. The third kappa shape index (κ3) is 7.04. The van der Waals surface area contributed by atoms with Crippen molar-refractivity contribution in [1.29, 1.82) is 0 Å². The Labute approximate surface area is 195 Å². The molecule has 2 rings (SSSR count). The molecule has 0 bridgehead atoms. The summed E-state index contributed by atoms with van der Waals surface area (Å²) in [5.74, 6) is -4.68. The standard InChI is InChI=1S/C22H30N6O6/c1-11(2)19(28-18(30)9-23)21(32)26-15(20(31)27-16(22(33)34)8-17(24)29)7-12-10-25-14-6-4-3-5-13(12)14/h3-6,10-11,15-16,19,25H,7-9,23H2,1-2H3,(H2,24,29)(H,26,32)(H,27,31)(H,28,30)(H,33,34). The number of hydrogen-bond acceptors (Lipinski definition) is 6. The Morgan fingerprint density at radius 1 is 1.00 bits per heavy atom. The fourth-order valence-electron chi connectivity index (χ4n) is 3.43. The number of fused-ring (bicyclic) bond motifs is 1. The largest absolute Gasteiger partial charge is 0.480 e. The van der Waals surface area contributed by atoms with Crippen molar-refractivity contribution in [1.82, 2.24) is 20.9 Å². The van der Waals surface area contributed by atoms with Crippen LogP contribution in [0.15, 0.2) is 30.5 Å². The highest BCUT2D eigenvalue weighted by Crippen LogP contribution is 2.19. The summed E-state index contributed by atoms with van der Waals surface area (Å²) in [6.45, 7) is 3.11. The lowest BCUT2D eigenvalue weighted by atomic mass is 10.00. The zero-order chi connectivity index (χ0) is 25.4. The van der Waals surface area contributed by atoms with Crippen LogP contribution in [0.4, 0.5) is 0 Å². The molecule has 3 unspecified atom stereocenters. The Bertz CT molecular complexity index is 1070. The Morgan fingerprint density at radius 3 is 2.24 bits per heavy atom. The number of carbonyl (C=O) groups excluding carboxylic acids is 4. The number of carbonyl (C=O) groups is 5. The van der Waals surface area contributed by atoms with Gasteiger partial charge in [0.05, 0.1) is 13.0 Å². The maximum Gasteiger partial charge on any atom is 0.326 e. The molecule has 0 aliphatic carbocycles. The number of para-hydroxylation sites is 1. The minimum Gasteiger partial charge on any atom is -0.480 e. The van der Waals surface area contributed by atoms with Crippen molar-refractivity contribution in [2.24, 2.45) is 17.4 Å². The first-order valence-electron chi connectivity index (χ1n) is 10.7. The van der Waals surface area contributed by atoms with Gasteiger partial charge in [0, 0.05) is 23.5 Å². The summed E-state index contributed by atoms with van der Waals surface area (Å²) in [7, 11) is 0. The highest BCUT2D eigenvalue weighted by molar-refractivity contribution is 5.95. The molecule has 1 aromatic carbocycles. The molecule has 0 fully saturated rings. The molecule has 0 saturated carbocycles. The number of H-pyrrole nitrogens is 1. The molecule has 0 spiro atoms. The predicted octanol–water partition coefficient (Wildman–Crippen LogP) is -1.26. The maximum absolute atomic E-state index is 13.0. The molecule has 1 heterocycles. The molecule has 0 aliphatic heterocycles. The van der Waals surface area contributed by atoms with Crippen molar-refractivity contribution in [3.8, 4) is 0 Å². The van der Waals surface area contributed by atoms with E-state index in [4.69, 9.17) is 11.5 Å².